The number of rotatable bonds is 4. The van der Waals surface area contributed by atoms with Gasteiger partial charge in [0.15, 0.2) is 5.78 Å². The summed E-state index contributed by atoms with van der Waals surface area (Å²) in [5.41, 5.74) is 4.36. The van der Waals surface area contributed by atoms with Crippen molar-refractivity contribution >= 4 is 17.4 Å². The van der Waals surface area contributed by atoms with Crippen molar-refractivity contribution < 1.29 is 4.79 Å². The fourth-order valence-electron chi connectivity index (χ4n) is 3.17. The van der Waals surface area contributed by atoms with Crippen molar-refractivity contribution in [2.45, 2.75) is 32.2 Å². The molecule has 2 unspecified atom stereocenters. The molecule has 0 N–H and O–H groups in total. The van der Waals surface area contributed by atoms with Crippen LogP contribution in [0.2, 0.25) is 0 Å². The van der Waals surface area contributed by atoms with Crippen LogP contribution in [-0.4, -0.2) is 16.2 Å². The van der Waals surface area contributed by atoms with E-state index in [-0.39, 0.29) is 11.7 Å². The summed E-state index contributed by atoms with van der Waals surface area (Å²) >= 11 is 5.68. The maximum atomic E-state index is 11.8. The Balaban J connectivity index is 1.90. The molecule has 3 rings (SSSR count). The van der Waals surface area contributed by atoms with E-state index < -0.39 is 0 Å². The SMILES string of the molecule is Cc1cc(C(=O)CCl)c(C)n1C1CC1c1ccccc1. The lowest BCUT2D eigenvalue weighted by molar-refractivity contribution is 0.102. The molecule has 1 saturated carbocycles. The summed E-state index contributed by atoms with van der Waals surface area (Å²) in [6.07, 6.45) is 1.15. The highest BCUT2D eigenvalue weighted by Gasteiger charge is 2.41. The van der Waals surface area contributed by atoms with Gasteiger partial charge in [0.1, 0.15) is 0 Å². The number of hydrogen-bond donors (Lipinski definition) is 0. The standard InChI is InChI=1S/C17H18ClNO/c1-11-8-14(17(20)10-18)12(2)19(11)16-9-15(16)13-6-4-3-5-7-13/h3-8,15-16H,9-10H2,1-2H3. The molecule has 1 aromatic carbocycles. The maximum Gasteiger partial charge on any atom is 0.179 e. The van der Waals surface area contributed by atoms with Crippen molar-refractivity contribution in [2.75, 3.05) is 5.88 Å². The zero-order chi connectivity index (χ0) is 14.3. The molecule has 0 amide bonds. The lowest BCUT2D eigenvalue weighted by Gasteiger charge is -2.09. The van der Waals surface area contributed by atoms with Gasteiger partial charge in [0.2, 0.25) is 0 Å². The van der Waals surface area contributed by atoms with Crippen LogP contribution >= 0.6 is 11.6 Å². The van der Waals surface area contributed by atoms with E-state index in [0.29, 0.717) is 12.0 Å². The third kappa shape index (κ3) is 2.18. The Kier molecular flexibility index (Phi) is 3.43. The Hall–Kier alpha value is -1.54. The third-order valence-electron chi connectivity index (χ3n) is 4.22. The first-order valence-corrected chi connectivity index (χ1v) is 7.49. The van der Waals surface area contributed by atoms with Crippen LogP contribution in [0.15, 0.2) is 36.4 Å². The van der Waals surface area contributed by atoms with Crippen LogP contribution in [-0.2, 0) is 0 Å². The first kappa shape index (κ1) is 13.4. The number of carbonyl (C=O) groups is 1. The largest absolute Gasteiger partial charge is 0.345 e. The molecule has 1 heterocycles. The molecular formula is C17H18ClNO. The molecule has 2 atom stereocenters. The van der Waals surface area contributed by atoms with Gasteiger partial charge in [-0.15, -0.1) is 11.6 Å². The summed E-state index contributed by atoms with van der Waals surface area (Å²) in [7, 11) is 0. The van der Waals surface area contributed by atoms with E-state index >= 15 is 0 Å². The molecule has 2 aromatic rings. The van der Waals surface area contributed by atoms with E-state index in [1.54, 1.807) is 0 Å². The minimum absolute atomic E-state index is 0.0166. The van der Waals surface area contributed by atoms with Gasteiger partial charge in [0.25, 0.3) is 0 Å². The normalized spacial score (nSPS) is 20.9. The van der Waals surface area contributed by atoms with Crippen LogP contribution in [0.3, 0.4) is 0 Å². The fraction of sp³-hybridized carbons (Fsp3) is 0.353. The number of aromatic nitrogens is 1. The molecular weight excluding hydrogens is 270 g/mol. The average molecular weight is 288 g/mol. The summed E-state index contributed by atoms with van der Waals surface area (Å²) in [5.74, 6) is 0.639. The molecule has 20 heavy (non-hydrogen) atoms. The second-order valence-electron chi connectivity index (χ2n) is 5.53. The summed E-state index contributed by atoms with van der Waals surface area (Å²) in [6.45, 7) is 4.09. The Morgan fingerprint density at radius 2 is 2.00 bits per heavy atom. The molecule has 0 spiro atoms. The second-order valence-corrected chi connectivity index (χ2v) is 5.80. The zero-order valence-electron chi connectivity index (χ0n) is 11.8. The zero-order valence-corrected chi connectivity index (χ0v) is 12.5. The van der Waals surface area contributed by atoms with Crippen molar-refractivity contribution in [1.29, 1.82) is 0 Å². The van der Waals surface area contributed by atoms with E-state index in [4.69, 9.17) is 11.6 Å². The number of benzene rings is 1. The van der Waals surface area contributed by atoms with Gasteiger partial charge in [-0.3, -0.25) is 4.79 Å². The summed E-state index contributed by atoms with van der Waals surface area (Å²) in [5, 5.41) is 0. The molecule has 1 aliphatic carbocycles. The van der Waals surface area contributed by atoms with Gasteiger partial charge >= 0.3 is 0 Å². The van der Waals surface area contributed by atoms with E-state index in [1.807, 2.05) is 19.1 Å². The molecule has 0 radical (unpaired) electrons. The van der Waals surface area contributed by atoms with E-state index in [1.165, 1.54) is 5.56 Å². The number of hydrogen-bond acceptors (Lipinski definition) is 1. The van der Waals surface area contributed by atoms with Gasteiger partial charge in [-0.05, 0) is 31.9 Å². The first-order valence-electron chi connectivity index (χ1n) is 6.96. The van der Waals surface area contributed by atoms with E-state index in [9.17, 15) is 4.79 Å². The second kappa shape index (κ2) is 5.10. The molecule has 0 bridgehead atoms. The third-order valence-corrected chi connectivity index (χ3v) is 4.47. The van der Waals surface area contributed by atoms with E-state index in [0.717, 1.165) is 23.4 Å². The number of aryl methyl sites for hydroxylation is 1. The molecule has 2 nitrogen and oxygen atoms in total. The fourth-order valence-corrected chi connectivity index (χ4v) is 3.31. The van der Waals surface area contributed by atoms with Crippen LogP contribution < -0.4 is 0 Å². The molecule has 1 fully saturated rings. The van der Waals surface area contributed by atoms with Gasteiger partial charge < -0.3 is 4.57 Å². The Labute approximate surface area is 124 Å². The molecule has 0 saturated heterocycles. The summed E-state index contributed by atoms with van der Waals surface area (Å²) < 4.78 is 2.30. The predicted molar refractivity (Wildman–Crippen MR) is 81.8 cm³/mol. The van der Waals surface area contributed by atoms with Gasteiger partial charge in [0, 0.05) is 28.9 Å². The smallest absolute Gasteiger partial charge is 0.179 e. The van der Waals surface area contributed by atoms with Crippen LogP contribution in [0.1, 0.15) is 45.7 Å². The molecule has 3 heteroatoms. The topological polar surface area (TPSA) is 22.0 Å². The molecule has 0 aliphatic heterocycles. The van der Waals surface area contributed by atoms with Gasteiger partial charge in [-0.25, -0.2) is 0 Å². The number of Topliss-reactive ketones (excluding diaryl/α,β-unsaturated/α-hetero) is 1. The Morgan fingerprint density at radius 3 is 2.65 bits per heavy atom. The van der Waals surface area contributed by atoms with Crippen LogP contribution in [0.25, 0.3) is 0 Å². The van der Waals surface area contributed by atoms with Crippen LogP contribution in [0, 0.1) is 13.8 Å². The van der Waals surface area contributed by atoms with Crippen LogP contribution in [0.4, 0.5) is 0 Å². The average Bonchev–Trinajstić information content (AvgIpc) is 3.19. The summed E-state index contributed by atoms with van der Waals surface area (Å²) in [4.78, 5) is 11.8. The number of nitrogens with zero attached hydrogens (tertiary/aromatic N) is 1. The van der Waals surface area contributed by atoms with Crippen LogP contribution in [0.5, 0.6) is 0 Å². The van der Waals surface area contributed by atoms with Crippen molar-refractivity contribution in [2.24, 2.45) is 0 Å². The maximum absolute atomic E-state index is 11.8. The lowest BCUT2D eigenvalue weighted by Crippen LogP contribution is -2.05. The van der Waals surface area contributed by atoms with Gasteiger partial charge in [0.05, 0.1) is 5.88 Å². The molecule has 1 aliphatic rings. The van der Waals surface area contributed by atoms with Crippen molar-refractivity contribution in [1.82, 2.24) is 4.57 Å². The monoisotopic (exact) mass is 287 g/mol. The first-order chi connectivity index (χ1) is 9.63. The van der Waals surface area contributed by atoms with Gasteiger partial charge in [-0.1, -0.05) is 30.3 Å². The van der Waals surface area contributed by atoms with Gasteiger partial charge in [-0.2, -0.15) is 0 Å². The van der Waals surface area contributed by atoms with Crippen molar-refractivity contribution in [3.8, 4) is 0 Å². The summed E-state index contributed by atoms with van der Waals surface area (Å²) in [6, 6.07) is 13.0. The number of alkyl halides is 1. The number of halogens is 1. The molecule has 104 valence electrons. The minimum Gasteiger partial charge on any atom is -0.345 e. The predicted octanol–water partition coefficient (Wildman–Crippen LogP) is 4.26. The highest BCUT2D eigenvalue weighted by Crippen LogP contribution is 2.52. The quantitative estimate of drug-likeness (QED) is 0.608. The molecule has 1 aromatic heterocycles. The minimum atomic E-state index is 0.0166. The number of ketones is 1. The van der Waals surface area contributed by atoms with E-state index in [2.05, 4.69) is 35.8 Å². The highest BCUT2D eigenvalue weighted by molar-refractivity contribution is 6.30. The van der Waals surface area contributed by atoms with Crippen molar-refractivity contribution in [3.63, 3.8) is 0 Å². The van der Waals surface area contributed by atoms with Crippen molar-refractivity contribution in [3.05, 3.63) is 58.9 Å². The Morgan fingerprint density at radius 1 is 1.30 bits per heavy atom. The Bertz CT molecular complexity index is 645. The highest BCUT2D eigenvalue weighted by atomic mass is 35.5. The lowest BCUT2D eigenvalue weighted by atomic mass is 10.1. The number of carbonyl (C=O) groups excluding carboxylic acids is 1.